The molecule has 0 spiro atoms. The zero-order chi connectivity index (χ0) is 17.7. The molecule has 0 saturated heterocycles. The van der Waals surface area contributed by atoms with Gasteiger partial charge in [-0.05, 0) is 30.3 Å². The van der Waals surface area contributed by atoms with Crippen LogP contribution < -0.4 is 15.4 Å². The smallest absolute Gasteiger partial charge is 0.296 e. The van der Waals surface area contributed by atoms with Crippen LogP contribution in [0.25, 0.3) is 0 Å². The summed E-state index contributed by atoms with van der Waals surface area (Å²) in [6.07, 6.45) is 0. The molecule has 126 valence electrons. The molecule has 1 amide bonds. The van der Waals surface area contributed by atoms with Gasteiger partial charge in [0.15, 0.2) is 0 Å². The van der Waals surface area contributed by atoms with Gasteiger partial charge in [0.1, 0.15) is 17.3 Å². The zero-order valence-corrected chi connectivity index (χ0v) is 13.3. The van der Waals surface area contributed by atoms with Gasteiger partial charge in [-0.2, -0.15) is 0 Å². The summed E-state index contributed by atoms with van der Waals surface area (Å²) in [6.45, 7) is -0.200. The lowest BCUT2D eigenvalue weighted by Crippen LogP contribution is -2.22. The molecule has 0 fully saturated rings. The normalized spacial score (nSPS) is 10.1. The van der Waals surface area contributed by atoms with Gasteiger partial charge >= 0.3 is 0 Å². The van der Waals surface area contributed by atoms with Crippen molar-refractivity contribution < 1.29 is 18.8 Å². The Balaban J connectivity index is 2.05. The molecule has 0 saturated carbocycles. The highest BCUT2D eigenvalue weighted by Gasteiger charge is 2.17. The summed E-state index contributed by atoms with van der Waals surface area (Å²) in [5, 5.41) is 16.3. The average Bonchev–Trinajstić information content (AvgIpc) is 2.54. The van der Waals surface area contributed by atoms with Crippen LogP contribution >= 0.6 is 11.6 Å². The predicted octanol–water partition coefficient (Wildman–Crippen LogP) is 3.45. The number of methoxy groups -OCH3 is 1. The van der Waals surface area contributed by atoms with Crippen molar-refractivity contribution >= 4 is 34.6 Å². The Morgan fingerprint density at radius 3 is 2.62 bits per heavy atom. The molecular weight excluding hydrogens is 341 g/mol. The number of hydrogen-bond donors (Lipinski definition) is 2. The molecule has 9 heteroatoms. The number of nitrogens with zero attached hydrogens (tertiary/aromatic N) is 1. The van der Waals surface area contributed by atoms with Crippen LogP contribution in [0.15, 0.2) is 36.4 Å². The Kier molecular flexibility index (Phi) is 5.54. The summed E-state index contributed by atoms with van der Waals surface area (Å²) >= 11 is 5.84. The Bertz CT molecular complexity index is 785. The SMILES string of the molecule is COc1ccc(NC(=O)CNc2ccc(F)cc2Cl)c([N+](=O)[O-])c1. The Hall–Kier alpha value is -2.87. The molecular formula is C15H13ClFN3O4. The molecule has 0 aliphatic carbocycles. The number of rotatable bonds is 6. The van der Waals surface area contributed by atoms with Gasteiger partial charge in [0.2, 0.25) is 5.91 Å². The van der Waals surface area contributed by atoms with Crippen LogP contribution in [0.1, 0.15) is 0 Å². The minimum atomic E-state index is -0.623. The number of hydrogen-bond acceptors (Lipinski definition) is 5. The molecule has 2 N–H and O–H groups in total. The van der Waals surface area contributed by atoms with E-state index >= 15 is 0 Å². The van der Waals surface area contributed by atoms with Crippen LogP contribution in [-0.4, -0.2) is 24.5 Å². The standard InChI is InChI=1S/C15H13ClFN3O4/c1-24-10-3-5-13(14(7-10)20(22)23)19-15(21)8-18-12-4-2-9(17)6-11(12)16/h2-7,18H,8H2,1H3,(H,19,21). The van der Waals surface area contributed by atoms with Crippen LogP contribution in [0.3, 0.4) is 0 Å². The monoisotopic (exact) mass is 353 g/mol. The average molecular weight is 354 g/mol. The second kappa shape index (κ2) is 7.60. The van der Waals surface area contributed by atoms with Crippen molar-refractivity contribution in [1.29, 1.82) is 0 Å². The first-order chi connectivity index (χ1) is 11.4. The van der Waals surface area contributed by atoms with Crippen molar-refractivity contribution in [2.24, 2.45) is 0 Å². The molecule has 0 bridgehead atoms. The summed E-state index contributed by atoms with van der Waals surface area (Å²) in [5.74, 6) is -0.719. The topological polar surface area (TPSA) is 93.5 Å². The highest BCUT2D eigenvalue weighted by molar-refractivity contribution is 6.33. The van der Waals surface area contributed by atoms with E-state index in [1.54, 1.807) is 0 Å². The number of nitro groups is 1. The van der Waals surface area contributed by atoms with Gasteiger partial charge in [-0.3, -0.25) is 14.9 Å². The first-order valence-electron chi connectivity index (χ1n) is 6.72. The highest BCUT2D eigenvalue weighted by Crippen LogP contribution is 2.29. The third kappa shape index (κ3) is 4.32. The summed E-state index contributed by atoms with van der Waals surface area (Å²) < 4.78 is 17.9. The summed E-state index contributed by atoms with van der Waals surface area (Å²) in [6, 6.07) is 7.77. The second-order valence-electron chi connectivity index (χ2n) is 4.67. The van der Waals surface area contributed by atoms with Gasteiger partial charge < -0.3 is 15.4 Å². The molecule has 0 unspecified atom stereocenters. The van der Waals surface area contributed by atoms with Crippen molar-refractivity contribution in [2.75, 3.05) is 24.3 Å². The van der Waals surface area contributed by atoms with Crippen molar-refractivity contribution in [3.63, 3.8) is 0 Å². The number of carbonyl (C=O) groups is 1. The second-order valence-corrected chi connectivity index (χ2v) is 5.07. The van der Waals surface area contributed by atoms with Crippen molar-refractivity contribution in [3.8, 4) is 5.75 Å². The molecule has 2 aromatic carbocycles. The molecule has 0 aromatic heterocycles. The lowest BCUT2D eigenvalue weighted by atomic mass is 10.2. The molecule has 2 aromatic rings. The van der Waals surface area contributed by atoms with Gasteiger partial charge in [-0.25, -0.2) is 4.39 Å². The fourth-order valence-corrected chi connectivity index (χ4v) is 2.13. The van der Waals surface area contributed by atoms with E-state index in [2.05, 4.69) is 10.6 Å². The number of nitrogens with one attached hydrogen (secondary N) is 2. The third-order valence-corrected chi connectivity index (χ3v) is 3.36. The van der Waals surface area contributed by atoms with Gasteiger partial charge in [0, 0.05) is 0 Å². The molecule has 0 radical (unpaired) electrons. The lowest BCUT2D eigenvalue weighted by molar-refractivity contribution is -0.384. The molecule has 7 nitrogen and oxygen atoms in total. The fraction of sp³-hybridized carbons (Fsp3) is 0.133. The Morgan fingerprint density at radius 2 is 2.00 bits per heavy atom. The van der Waals surface area contributed by atoms with Crippen molar-refractivity contribution in [1.82, 2.24) is 0 Å². The van der Waals surface area contributed by atoms with E-state index in [0.717, 1.165) is 6.07 Å². The molecule has 0 heterocycles. The number of benzene rings is 2. The number of halogens is 2. The van der Waals surface area contributed by atoms with Gasteiger partial charge in [-0.15, -0.1) is 0 Å². The van der Waals surface area contributed by atoms with Crippen LogP contribution in [-0.2, 0) is 4.79 Å². The largest absolute Gasteiger partial charge is 0.496 e. The van der Waals surface area contributed by atoms with E-state index in [1.807, 2.05) is 0 Å². The minimum Gasteiger partial charge on any atom is -0.496 e. The number of amides is 1. The van der Waals surface area contributed by atoms with Gasteiger partial charge in [0.05, 0.1) is 35.4 Å². The molecule has 0 aliphatic heterocycles. The van der Waals surface area contributed by atoms with Crippen LogP contribution in [0, 0.1) is 15.9 Å². The molecule has 0 atom stereocenters. The lowest BCUT2D eigenvalue weighted by Gasteiger charge is -2.10. The number of carbonyl (C=O) groups excluding carboxylic acids is 1. The molecule has 2 rings (SSSR count). The number of anilines is 2. The first-order valence-corrected chi connectivity index (χ1v) is 7.09. The van der Waals surface area contributed by atoms with E-state index in [4.69, 9.17) is 16.3 Å². The minimum absolute atomic E-state index is 0.0396. The van der Waals surface area contributed by atoms with Crippen LogP contribution in [0.5, 0.6) is 5.75 Å². The fourth-order valence-electron chi connectivity index (χ4n) is 1.90. The maximum absolute atomic E-state index is 13.0. The summed E-state index contributed by atoms with van der Waals surface area (Å²) in [7, 11) is 1.38. The highest BCUT2D eigenvalue weighted by atomic mass is 35.5. The van der Waals surface area contributed by atoms with E-state index in [1.165, 1.54) is 37.4 Å². The Labute approximate surface area is 141 Å². The van der Waals surface area contributed by atoms with E-state index in [-0.39, 0.29) is 22.9 Å². The Morgan fingerprint density at radius 1 is 1.29 bits per heavy atom. The van der Waals surface area contributed by atoms with Crippen molar-refractivity contribution in [3.05, 3.63) is 57.4 Å². The third-order valence-electron chi connectivity index (χ3n) is 3.05. The maximum atomic E-state index is 13.0. The van der Waals surface area contributed by atoms with Gasteiger partial charge in [-0.1, -0.05) is 11.6 Å². The molecule has 0 aliphatic rings. The quantitative estimate of drug-likeness (QED) is 0.613. The van der Waals surface area contributed by atoms with Gasteiger partial charge in [0.25, 0.3) is 5.69 Å². The zero-order valence-electron chi connectivity index (χ0n) is 12.5. The van der Waals surface area contributed by atoms with Crippen LogP contribution in [0.4, 0.5) is 21.5 Å². The maximum Gasteiger partial charge on any atom is 0.296 e. The van der Waals surface area contributed by atoms with Crippen LogP contribution in [0.2, 0.25) is 5.02 Å². The van der Waals surface area contributed by atoms with E-state index in [9.17, 15) is 19.3 Å². The summed E-state index contributed by atoms with van der Waals surface area (Å²) in [5.41, 5.74) is 0.123. The van der Waals surface area contributed by atoms with E-state index in [0.29, 0.717) is 11.4 Å². The molecule has 24 heavy (non-hydrogen) atoms. The van der Waals surface area contributed by atoms with Crippen molar-refractivity contribution in [2.45, 2.75) is 0 Å². The predicted molar refractivity (Wildman–Crippen MR) is 88.2 cm³/mol. The number of nitro benzene ring substituents is 1. The number of ether oxygens (including phenoxy) is 1. The first kappa shape index (κ1) is 17.5. The summed E-state index contributed by atoms with van der Waals surface area (Å²) in [4.78, 5) is 22.4. The van der Waals surface area contributed by atoms with E-state index < -0.39 is 16.6 Å².